The molecule has 0 unspecified atom stereocenters. The molecule has 0 saturated carbocycles. The highest BCUT2D eigenvalue weighted by molar-refractivity contribution is 5.73. The number of rotatable bonds is 5. The molecule has 0 N–H and O–H groups in total. The molecule has 4 heteroatoms. The number of nitrogens with zero attached hydrogens (tertiary/aromatic N) is 2. The van der Waals surface area contributed by atoms with Crippen LogP contribution in [0.2, 0.25) is 0 Å². The second kappa shape index (κ2) is 6.84. The fourth-order valence-electron chi connectivity index (χ4n) is 2.89. The highest BCUT2D eigenvalue weighted by atomic mass is 19.1. The molecule has 1 aromatic rings. The fourth-order valence-corrected chi connectivity index (χ4v) is 2.89. The first-order valence-corrected chi connectivity index (χ1v) is 7.34. The van der Waals surface area contributed by atoms with Crippen LogP contribution >= 0.6 is 0 Å². The average Bonchev–Trinajstić information content (AvgIpc) is 2.87. The van der Waals surface area contributed by atoms with Crippen LogP contribution in [0.4, 0.5) is 4.39 Å². The third kappa shape index (κ3) is 3.79. The van der Waals surface area contributed by atoms with Crippen molar-refractivity contribution in [2.45, 2.75) is 32.7 Å². The summed E-state index contributed by atoms with van der Waals surface area (Å²) in [5, 5.41) is 0. The molecule has 1 heterocycles. The van der Waals surface area contributed by atoms with Crippen LogP contribution in [-0.2, 0) is 11.2 Å². The van der Waals surface area contributed by atoms with Gasteiger partial charge in [0.1, 0.15) is 5.82 Å². The number of carbonyl (C=O) groups is 1. The first kappa shape index (κ1) is 15.0. The molecule has 1 aliphatic heterocycles. The minimum atomic E-state index is -0.213. The summed E-state index contributed by atoms with van der Waals surface area (Å²) in [7, 11) is 0. The predicted molar refractivity (Wildman–Crippen MR) is 78.0 cm³/mol. The molecule has 0 aliphatic carbocycles. The van der Waals surface area contributed by atoms with E-state index in [9.17, 15) is 9.18 Å². The van der Waals surface area contributed by atoms with Crippen LogP contribution in [0.25, 0.3) is 0 Å². The Morgan fingerprint density at radius 2 is 2.30 bits per heavy atom. The number of halogens is 1. The lowest BCUT2D eigenvalue weighted by Crippen LogP contribution is -2.42. The van der Waals surface area contributed by atoms with Crippen molar-refractivity contribution in [3.05, 3.63) is 35.6 Å². The first-order valence-electron chi connectivity index (χ1n) is 7.34. The summed E-state index contributed by atoms with van der Waals surface area (Å²) in [5.74, 6) is -0.0979. The highest BCUT2D eigenvalue weighted by Gasteiger charge is 2.28. The molecule has 3 nitrogen and oxygen atoms in total. The number of carbonyl (C=O) groups excluding carboxylic acids is 1. The van der Waals surface area contributed by atoms with E-state index >= 15 is 0 Å². The lowest BCUT2D eigenvalue weighted by atomic mass is 10.1. The highest BCUT2D eigenvalue weighted by Crippen LogP contribution is 2.16. The Morgan fingerprint density at radius 3 is 2.90 bits per heavy atom. The summed E-state index contributed by atoms with van der Waals surface area (Å²) < 4.78 is 13.2. The van der Waals surface area contributed by atoms with Gasteiger partial charge in [-0.25, -0.2) is 4.39 Å². The third-order valence-electron chi connectivity index (χ3n) is 4.07. The second-order valence-corrected chi connectivity index (χ2v) is 5.43. The van der Waals surface area contributed by atoms with E-state index in [0.717, 1.165) is 31.6 Å². The van der Waals surface area contributed by atoms with Crippen LogP contribution in [0.5, 0.6) is 0 Å². The molecule has 1 aromatic carbocycles. The van der Waals surface area contributed by atoms with Gasteiger partial charge in [-0.05, 0) is 37.1 Å². The van der Waals surface area contributed by atoms with E-state index in [0.29, 0.717) is 19.0 Å². The van der Waals surface area contributed by atoms with Gasteiger partial charge >= 0.3 is 0 Å². The third-order valence-corrected chi connectivity index (χ3v) is 4.07. The molecule has 1 aliphatic rings. The van der Waals surface area contributed by atoms with E-state index in [1.807, 2.05) is 11.0 Å². The largest absolute Gasteiger partial charge is 0.338 e. The Morgan fingerprint density at radius 1 is 1.50 bits per heavy atom. The van der Waals surface area contributed by atoms with Crippen LogP contribution in [0.15, 0.2) is 24.3 Å². The smallest absolute Gasteiger partial charge is 0.219 e. The van der Waals surface area contributed by atoms with E-state index in [-0.39, 0.29) is 11.7 Å². The van der Waals surface area contributed by atoms with Crippen molar-refractivity contribution < 1.29 is 9.18 Å². The van der Waals surface area contributed by atoms with Gasteiger partial charge in [0.2, 0.25) is 5.91 Å². The maximum Gasteiger partial charge on any atom is 0.219 e. The van der Waals surface area contributed by atoms with Crippen LogP contribution in [0, 0.1) is 5.82 Å². The molecule has 1 saturated heterocycles. The lowest BCUT2D eigenvalue weighted by molar-refractivity contribution is -0.130. The van der Waals surface area contributed by atoms with Crippen molar-refractivity contribution in [2.75, 3.05) is 26.2 Å². The predicted octanol–water partition coefficient (Wildman–Crippen LogP) is 2.31. The summed E-state index contributed by atoms with van der Waals surface area (Å²) in [6.45, 7) is 7.49. The summed E-state index contributed by atoms with van der Waals surface area (Å²) in [6.07, 6.45) is 1.75. The van der Waals surface area contributed by atoms with E-state index in [1.165, 1.54) is 6.07 Å². The molecule has 0 aromatic heterocycles. The molecule has 0 radical (unpaired) electrons. The Kier molecular flexibility index (Phi) is 5.12. The van der Waals surface area contributed by atoms with Crippen LogP contribution in [-0.4, -0.2) is 47.9 Å². The van der Waals surface area contributed by atoms with Crippen molar-refractivity contribution >= 4 is 5.91 Å². The SMILES string of the molecule is CCN1CC[C@@H](N(CCc2cccc(F)c2)C(C)=O)C1. The number of hydrogen-bond acceptors (Lipinski definition) is 2. The molecule has 0 spiro atoms. The Balaban J connectivity index is 1.95. The van der Waals surface area contributed by atoms with Gasteiger partial charge < -0.3 is 9.80 Å². The van der Waals surface area contributed by atoms with Crippen molar-refractivity contribution in [1.82, 2.24) is 9.80 Å². The van der Waals surface area contributed by atoms with Gasteiger partial charge in [-0.2, -0.15) is 0 Å². The van der Waals surface area contributed by atoms with Crippen molar-refractivity contribution in [3.63, 3.8) is 0 Å². The molecule has 1 atom stereocenters. The van der Waals surface area contributed by atoms with Crippen molar-refractivity contribution in [1.29, 1.82) is 0 Å². The molecule has 1 fully saturated rings. The summed E-state index contributed by atoms with van der Waals surface area (Å²) in [6, 6.07) is 6.93. The van der Waals surface area contributed by atoms with Gasteiger partial charge in [-0.15, -0.1) is 0 Å². The standard InChI is InChI=1S/C16H23FN2O/c1-3-18-9-8-16(12-18)19(13(2)20)10-7-14-5-4-6-15(17)11-14/h4-6,11,16H,3,7-10,12H2,1-2H3/t16-/m1/s1. The molecule has 1 amide bonds. The Labute approximate surface area is 120 Å². The zero-order valence-electron chi connectivity index (χ0n) is 12.3. The molecule has 2 rings (SSSR count). The molecular formula is C16H23FN2O. The zero-order valence-corrected chi connectivity index (χ0v) is 12.3. The topological polar surface area (TPSA) is 23.6 Å². The van der Waals surface area contributed by atoms with E-state index in [4.69, 9.17) is 0 Å². The normalized spacial score (nSPS) is 19.2. The van der Waals surface area contributed by atoms with E-state index in [2.05, 4.69) is 11.8 Å². The maximum absolute atomic E-state index is 13.2. The Hall–Kier alpha value is -1.42. The molecule has 110 valence electrons. The Bertz CT molecular complexity index is 464. The van der Waals surface area contributed by atoms with Crippen molar-refractivity contribution in [3.8, 4) is 0 Å². The maximum atomic E-state index is 13.2. The van der Waals surface area contributed by atoms with Gasteiger partial charge in [0.25, 0.3) is 0 Å². The molecular weight excluding hydrogens is 255 g/mol. The number of likely N-dealkylation sites (N-methyl/N-ethyl adjacent to an activating group) is 1. The van der Waals surface area contributed by atoms with Gasteiger partial charge in [-0.1, -0.05) is 19.1 Å². The number of hydrogen-bond donors (Lipinski definition) is 0. The molecule has 0 bridgehead atoms. The minimum Gasteiger partial charge on any atom is -0.338 e. The molecule has 20 heavy (non-hydrogen) atoms. The summed E-state index contributed by atoms with van der Waals surface area (Å²) in [4.78, 5) is 16.2. The average molecular weight is 278 g/mol. The summed E-state index contributed by atoms with van der Waals surface area (Å²) >= 11 is 0. The van der Waals surface area contributed by atoms with Crippen LogP contribution < -0.4 is 0 Å². The first-order chi connectivity index (χ1) is 9.60. The number of likely N-dealkylation sites (tertiary alicyclic amines) is 1. The minimum absolute atomic E-state index is 0.115. The van der Waals surface area contributed by atoms with Gasteiger partial charge in [0.05, 0.1) is 0 Å². The lowest BCUT2D eigenvalue weighted by Gasteiger charge is -2.28. The van der Waals surface area contributed by atoms with Gasteiger partial charge in [0.15, 0.2) is 0 Å². The second-order valence-electron chi connectivity index (χ2n) is 5.43. The van der Waals surface area contributed by atoms with Gasteiger partial charge in [0, 0.05) is 32.6 Å². The fraction of sp³-hybridized carbons (Fsp3) is 0.562. The zero-order chi connectivity index (χ0) is 14.5. The summed E-state index contributed by atoms with van der Waals surface area (Å²) in [5.41, 5.74) is 0.946. The van der Waals surface area contributed by atoms with E-state index in [1.54, 1.807) is 19.1 Å². The van der Waals surface area contributed by atoms with Crippen LogP contribution in [0.1, 0.15) is 25.8 Å². The van der Waals surface area contributed by atoms with Crippen LogP contribution in [0.3, 0.4) is 0 Å². The quantitative estimate of drug-likeness (QED) is 0.825. The monoisotopic (exact) mass is 278 g/mol. The van der Waals surface area contributed by atoms with Crippen molar-refractivity contribution in [2.24, 2.45) is 0 Å². The van der Waals surface area contributed by atoms with E-state index < -0.39 is 0 Å². The number of amides is 1. The van der Waals surface area contributed by atoms with Gasteiger partial charge in [-0.3, -0.25) is 4.79 Å². The number of benzene rings is 1.